The summed E-state index contributed by atoms with van der Waals surface area (Å²) in [5, 5.41) is 14.8. The number of fused-ring (bicyclic) bond motifs is 1. The maximum absolute atomic E-state index is 13.4. The Bertz CT molecular complexity index is 1080. The van der Waals surface area contributed by atoms with E-state index in [0.29, 0.717) is 34.9 Å². The molecule has 3 aromatic rings. The summed E-state index contributed by atoms with van der Waals surface area (Å²) in [6, 6.07) is 17.1. The van der Waals surface area contributed by atoms with Crippen molar-refractivity contribution < 1.29 is 18.3 Å². The Morgan fingerprint density at radius 1 is 1.03 bits per heavy atom. The molecule has 3 N–H and O–H groups in total. The SMILES string of the molecule is N=C(c1ccc2c(c1)NC(=O)CO2)C(CNc1ccc(F)cc1)c1ccc(F)cc1. The van der Waals surface area contributed by atoms with Crippen LogP contribution in [0.1, 0.15) is 17.0 Å². The topological polar surface area (TPSA) is 74.2 Å². The zero-order valence-corrected chi connectivity index (χ0v) is 15.9. The average molecular weight is 407 g/mol. The standard InChI is InChI=1S/C23H19F2N3O2/c24-16-4-1-14(2-5-16)19(12-27-18-8-6-17(25)7-9-18)23(26)15-3-10-21-20(11-15)28-22(29)13-30-21/h1-11,19,26-27H,12-13H2,(H,28,29). The van der Waals surface area contributed by atoms with E-state index in [2.05, 4.69) is 10.6 Å². The van der Waals surface area contributed by atoms with Crippen molar-refractivity contribution in [2.45, 2.75) is 5.92 Å². The van der Waals surface area contributed by atoms with Gasteiger partial charge in [-0.2, -0.15) is 0 Å². The normalized spacial score (nSPS) is 13.6. The number of nitrogens with one attached hydrogen (secondary N) is 3. The lowest BCUT2D eigenvalue weighted by Gasteiger charge is -2.23. The minimum Gasteiger partial charge on any atom is -0.482 e. The second kappa shape index (κ2) is 8.32. The Morgan fingerprint density at radius 2 is 1.70 bits per heavy atom. The molecule has 1 atom stereocenters. The molecule has 1 heterocycles. The highest BCUT2D eigenvalue weighted by Gasteiger charge is 2.22. The molecule has 1 amide bonds. The van der Waals surface area contributed by atoms with Crippen molar-refractivity contribution in [1.82, 2.24) is 0 Å². The Kier molecular flexibility index (Phi) is 5.43. The molecular weight excluding hydrogens is 388 g/mol. The van der Waals surface area contributed by atoms with E-state index >= 15 is 0 Å². The lowest BCUT2D eigenvalue weighted by atomic mass is 9.89. The molecule has 0 aliphatic carbocycles. The molecular formula is C23H19F2N3O2. The van der Waals surface area contributed by atoms with Gasteiger partial charge in [0.05, 0.1) is 5.69 Å². The lowest BCUT2D eigenvalue weighted by molar-refractivity contribution is -0.118. The number of ether oxygens (including phenoxy) is 1. The summed E-state index contributed by atoms with van der Waals surface area (Å²) < 4.78 is 32.0. The molecule has 0 spiro atoms. The quantitative estimate of drug-likeness (QED) is 0.525. The minimum atomic E-state index is -0.408. The van der Waals surface area contributed by atoms with Gasteiger partial charge in [-0.3, -0.25) is 4.79 Å². The van der Waals surface area contributed by atoms with Gasteiger partial charge in [0.1, 0.15) is 17.4 Å². The van der Waals surface area contributed by atoms with Gasteiger partial charge in [-0.15, -0.1) is 0 Å². The first-order valence-electron chi connectivity index (χ1n) is 9.40. The Hall–Kier alpha value is -3.74. The molecule has 1 unspecified atom stereocenters. The van der Waals surface area contributed by atoms with E-state index in [0.717, 1.165) is 5.56 Å². The molecule has 0 saturated carbocycles. The Morgan fingerprint density at radius 3 is 2.40 bits per heavy atom. The summed E-state index contributed by atoms with van der Waals surface area (Å²) in [5.74, 6) is -0.798. The zero-order valence-electron chi connectivity index (χ0n) is 15.9. The largest absolute Gasteiger partial charge is 0.482 e. The summed E-state index contributed by atoms with van der Waals surface area (Å²) in [6.45, 7) is 0.305. The van der Waals surface area contributed by atoms with Crippen LogP contribution in [0.25, 0.3) is 0 Å². The molecule has 1 aliphatic heterocycles. The van der Waals surface area contributed by atoms with E-state index < -0.39 is 5.92 Å². The van der Waals surface area contributed by atoms with Crippen LogP contribution in [0.2, 0.25) is 0 Å². The van der Waals surface area contributed by atoms with Crippen molar-refractivity contribution in [3.63, 3.8) is 0 Å². The van der Waals surface area contributed by atoms with E-state index in [1.54, 1.807) is 42.5 Å². The third-order valence-electron chi connectivity index (χ3n) is 4.90. The van der Waals surface area contributed by atoms with Crippen LogP contribution in [0.15, 0.2) is 66.7 Å². The van der Waals surface area contributed by atoms with Crippen molar-refractivity contribution in [3.8, 4) is 5.75 Å². The molecule has 4 rings (SSSR count). The first-order chi connectivity index (χ1) is 14.5. The van der Waals surface area contributed by atoms with Gasteiger partial charge >= 0.3 is 0 Å². The molecule has 0 bridgehead atoms. The highest BCUT2D eigenvalue weighted by atomic mass is 19.1. The van der Waals surface area contributed by atoms with E-state index in [1.807, 2.05) is 0 Å². The zero-order chi connectivity index (χ0) is 21.1. The van der Waals surface area contributed by atoms with Crippen molar-refractivity contribution in [3.05, 3.63) is 89.5 Å². The van der Waals surface area contributed by atoms with Crippen LogP contribution in [0, 0.1) is 17.0 Å². The van der Waals surface area contributed by atoms with Gasteiger partial charge in [0.25, 0.3) is 5.91 Å². The van der Waals surface area contributed by atoms with E-state index in [-0.39, 0.29) is 24.1 Å². The van der Waals surface area contributed by atoms with Gasteiger partial charge in [-0.25, -0.2) is 8.78 Å². The fraction of sp³-hybridized carbons (Fsp3) is 0.130. The van der Waals surface area contributed by atoms with Crippen molar-refractivity contribution in [1.29, 1.82) is 5.41 Å². The van der Waals surface area contributed by atoms with Crippen LogP contribution in [-0.4, -0.2) is 24.8 Å². The van der Waals surface area contributed by atoms with Gasteiger partial charge in [-0.1, -0.05) is 12.1 Å². The molecule has 3 aromatic carbocycles. The molecule has 1 aliphatic rings. The number of hydrogen-bond donors (Lipinski definition) is 3. The number of benzene rings is 3. The highest BCUT2D eigenvalue weighted by molar-refractivity contribution is 6.05. The predicted octanol–water partition coefficient (Wildman–Crippen LogP) is 4.56. The van der Waals surface area contributed by atoms with Crippen LogP contribution < -0.4 is 15.4 Å². The third kappa shape index (κ3) is 4.30. The maximum Gasteiger partial charge on any atom is 0.262 e. The first-order valence-corrected chi connectivity index (χ1v) is 9.40. The third-order valence-corrected chi connectivity index (χ3v) is 4.90. The van der Waals surface area contributed by atoms with Gasteiger partial charge < -0.3 is 20.8 Å². The van der Waals surface area contributed by atoms with Gasteiger partial charge in [0.15, 0.2) is 6.61 Å². The number of hydrogen-bond acceptors (Lipinski definition) is 4. The molecule has 152 valence electrons. The lowest BCUT2D eigenvalue weighted by Crippen LogP contribution is -2.26. The number of rotatable bonds is 6. The van der Waals surface area contributed by atoms with Gasteiger partial charge in [-0.05, 0) is 65.7 Å². The number of halogens is 2. The Labute approximate surface area is 172 Å². The minimum absolute atomic E-state index is 0.0381. The van der Waals surface area contributed by atoms with Crippen LogP contribution in [0.3, 0.4) is 0 Å². The molecule has 0 radical (unpaired) electrons. The predicted molar refractivity (Wildman–Crippen MR) is 111 cm³/mol. The molecule has 0 aromatic heterocycles. The van der Waals surface area contributed by atoms with E-state index in [1.165, 1.54) is 24.3 Å². The van der Waals surface area contributed by atoms with E-state index in [9.17, 15) is 13.6 Å². The van der Waals surface area contributed by atoms with Crippen LogP contribution in [-0.2, 0) is 4.79 Å². The fourth-order valence-electron chi connectivity index (χ4n) is 3.32. The van der Waals surface area contributed by atoms with Crippen molar-refractivity contribution >= 4 is 23.0 Å². The number of carbonyl (C=O) groups excluding carboxylic acids is 1. The highest BCUT2D eigenvalue weighted by Crippen LogP contribution is 2.31. The number of carbonyl (C=O) groups is 1. The monoisotopic (exact) mass is 407 g/mol. The first kappa shape index (κ1) is 19.6. The second-order valence-corrected chi connectivity index (χ2v) is 6.95. The van der Waals surface area contributed by atoms with Crippen molar-refractivity contribution in [2.24, 2.45) is 0 Å². The fourth-order valence-corrected chi connectivity index (χ4v) is 3.32. The summed E-state index contributed by atoms with van der Waals surface area (Å²) in [5.41, 5.74) is 2.88. The summed E-state index contributed by atoms with van der Waals surface area (Å²) in [4.78, 5) is 11.6. The summed E-state index contributed by atoms with van der Waals surface area (Å²) in [6.07, 6.45) is 0. The van der Waals surface area contributed by atoms with Crippen LogP contribution >= 0.6 is 0 Å². The number of amides is 1. The molecule has 7 heteroatoms. The van der Waals surface area contributed by atoms with Crippen molar-refractivity contribution in [2.75, 3.05) is 23.8 Å². The second-order valence-electron chi connectivity index (χ2n) is 6.95. The van der Waals surface area contributed by atoms with E-state index in [4.69, 9.17) is 10.1 Å². The molecule has 30 heavy (non-hydrogen) atoms. The smallest absolute Gasteiger partial charge is 0.262 e. The van der Waals surface area contributed by atoms with Crippen LogP contribution in [0.5, 0.6) is 5.75 Å². The average Bonchev–Trinajstić information content (AvgIpc) is 2.75. The summed E-state index contributed by atoms with van der Waals surface area (Å²) >= 11 is 0. The Balaban J connectivity index is 1.62. The molecule has 5 nitrogen and oxygen atoms in total. The van der Waals surface area contributed by atoms with Crippen LogP contribution in [0.4, 0.5) is 20.2 Å². The number of anilines is 2. The van der Waals surface area contributed by atoms with Gasteiger partial charge in [0.2, 0.25) is 0 Å². The molecule has 0 saturated heterocycles. The van der Waals surface area contributed by atoms with Gasteiger partial charge in [0, 0.05) is 23.9 Å². The maximum atomic E-state index is 13.4. The molecule has 0 fully saturated rings. The summed E-state index contributed by atoms with van der Waals surface area (Å²) in [7, 11) is 0.